The molecular formula is C7H15N2O-. The molecule has 10 heavy (non-hydrogen) atoms. The summed E-state index contributed by atoms with van der Waals surface area (Å²) in [6.07, 6.45) is 1.72. The lowest BCUT2D eigenvalue weighted by Crippen LogP contribution is -2.18. The third-order valence-corrected chi connectivity index (χ3v) is 1.12. The maximum atomic E-state index is 10.6. The van der Waals surface area contributed by atoms with Gasteiger partial charge in [-0.05, 0) is 27.8 Å². The first-order valence-electron chi connectivity index (χ1n) is 3.37. The molecule has 0 saturated carbocycles. The molecule has 0 fully saturated rings. The van der Waals surface area contributed by atoms with Crippen LogP contribution in [0.3, 0.4) is 0 Å². The van der Waals surface area contributed by atoms with Crippen molar-refractivity contribution in [3.63, 3.8) is 0 Å². The molecule has 3 heteroatoms. The van der Waals surface area contributed by atoms with Crippen LogP contribution in [0.4, 0.5) is 0 Å². The van der Waals surface area contributed by atoms with Crippen molar-refractivity contribution < 1.29 is 0 Å². The molecule has 60 valence electrons. The number of hydroxylamine groups is 2. The van der Waals surface area contributed by atoms with Crippen molar-refractivity contribution in [1.82, 2.24) is 10.4 Å². The van der Waals surface area contributed by atoms with Crippen molar-refractivity contribution in [3.8, 4) is 0 Å². The molecule has 1 N–H and O–H groups in total. The SMILES string of the molecule is C/C(=C\NC(C)C)N(C)[O-]. The molecule has 0 saturated heterocycles. The van der Waals surface area contributed by atoms with Gasteiger partial charge in [-0.15, -0.1) is 0 Å². The molecule has 0 spiro atoms. The van der Waals surface area contributed by atoms with E-state index in [0.717, 1.165) is 5.06 Å². The summed E-state index contributed by atoms with van der Waals surface area (Å²) in [6.45, 7) is 5.81. The van der Waals surface area contributed by atoms with E-state index >= 15 is 0 Å². The van der Waals surface area contributed by atoms with Crippen LogP contribution in [0.15, 0.2) is 11.9 Å². The van der Waals surface area contributed by atoms with Gasteiger partial charge in [0, 0.05) is 17.9 Å². The van der Waals surface area contributed by atoms with Crippen LogP contribution in [0.5, 0.6) is 0 Å². The highest BCUT2D eigenvalue weighted by Crippen LogP contribution is 1.94. The molecule has 0 aromatic carbocycles. The average molecular weight is 143 g/mol. The van der Waals surface area contributed by atoms with E-state index in [0.29, 0.717) is 11.7 Å². The van der Waals surface area contributed by atoms with Gasteiger partial charge >= 0.3 is 0 Å². The van der Waals surface area contributed by atoms with Crippen molar-refractivity contribution >= 4 is 0 Å². The Hall–Kier alpha value is -0.700. The van der Waals surface area contributed by atoms with Gasteiger partial charge in [-0.1, -0.05) is 0 Å². The van der Waals surface area contributed by atoms with Gasteiger partial charge in [0.25, 0.3) is 0 Å². The summed E-state index contributed by atoms with van der Waals surface area (Å²) in [5.41, 5.74) is 0.689. The van der Waals surface area contributed by atoms with Gasteiger partial charge in [0.1, 0.15) is 0 Å². The third kappa shape index (κ3) is 4.21. The number of allylic oxidation sites excluding steroid dienone is 1. The summed E-state index contributed by atoms with van der Waals surface area (Å²) in [5.74, 6) is 0. The summed E-state index contributed by atoms with van der Waals surface area (Å²) >= 11 is 0. The Labute approximate surface area is 62.3 Å². The van der Waals surface area contributed by atoms with Gasteiger partial charge in [-0.2, -0.15) is 0 Å². The zero-order valence-electron chi connectivity index (χ0n) is 7.01. The minimum absolute atomic E-state index is 0.384. The quantitative estimate of drug-likeness (QED) is 0.605. The van der Waals surface area contributed by atoms with Crippen LogP contribution in [0, 0.1) is 5.21 Å². The fourth-order valence-corrected chi connectivity index (χ4v) is 0.378. The van der Waals surface area contributed by atoms with Gasteiger partial charge in [0.15, 0.2) is 0 Å². The predicted octanol–water partition coefficient (Wildman–Crippen LogP) is 1.28. The first-order valence-corrected chi connectivity index (χ1v) is 3.37. The molecule has 3 nitrogen and oxygen atoms in total. The molecule has 0 aliphatic carbocycles. The molecule has 0 aromatic heterocycles. The van der Waals surface area contributed by atoms with Crippen LogP contribution in [0.1, 0.15) is 20.8 Å². The monoisotopic (exact) mass is 143 g/mol. The smallest absolute Gasteiger partial charge is 0.0199 e. The van der Waals surface area contributed by atoms with E-state index in [1.54, 1.807) is 13.1 Å². The highest BCUT2D eigenvalue weighted by atomic mass is 16.5. The predicted molar refractivity (Wildman–Crippen MR) is 43.2 cm³/mol. The Morgan fingerprint density at radius 1 is 1.60 bits per heavy atom. The molecule has 0 aliphatic rings. The summed E-state index contributed by atoms with van der Waals surface area (Å²) in [5, 5.41) is 14.4. The molecule has 0 aromatic rings. The number of hydrogen-bond donors (Lipinski definition) is 1. The van der Waals surface area contributed by atoms with Crippen molar-refractivity contribution in [2.24, 2.45) is 0 Å². The lowest BCUT2D eigenvalue weighted by atomic mass is 10.4. The van der Waals surface area contributed by atoms with Gasteiger partial charge in [0.05, 0.1) is 0 Å². The molecule has 0 unspecified atom stereocenters. The fraction of sp³-hybridized carbons (Fsp3) is 0.714. The van der Waals surface area contributed by atoms with E-state index in [1.807, 2.05) is 13.8 Å². The topological polar surface area (TPSA) is 38.3 Å². The second-order valence-electron chi connectivity index (χ2n) is 2.60. The molecule has 0 rings (SSSR count). The number of rotatable bonds is 3. The van der Waals surface area contributed by atoms with Crippen LogP contribution in [-0.4, -0.2) is 18.2 Å². The van der Waals surface area contributed by atoms with Crippen molar-refractivity contribution in [2.75, 3.05) is 7.05 Å². The van der Waals surface area contributed by atoms with Crippen molar-refractivity contribution in [2.45, 2.75) is 26.8 Å². The first-order chi connectivity index (χ1) is 4.54. The molecule has 0 aliphatic heterocycles. The van der Waals surface area contributed by atoms with Crippen LogP contribution in [0.2, 0.25) is 0 Å². The number of nitrogens with zero attached hydrogens (tertiary/aromatic N) is 1. The maximum absolute atomic E-state index is 10.6. The van der Waals surface area contributed by atoms with Gasteiger partial charge in [-0.3, -0.25) is 0 Å². The minimum atomic E-state index is 0.384. The van der Waals surface area contributed by atoms with Crippen molar-refractivity contribution in [1.29, 1.82) is 0 Å². The van der Waals surface area contributed by atoms with Crippen LogP contribution in [0.25, 0.3) is 0 Å². The Morgan fingerprint density at radius 3 is 2.40 bits per heavy atom. The van der Waals surface area contributed by atoms with E-state index < -0.39 is 0 Å². The van der Waals surface area contributed by atoms with E-state index in [2.05, 4.69) is 5.32 Å². The summed E-state index contributed by atoms with van der Waals surface area (Å²) in [7, 11) is 1.48. The Balaban J connectivity index is 3.69. The van der Waals surface area contributed by atoms with E-state index in [9.17, 15) is 5.21 Å². The third-order valence-electron chi connectivity index (χ3n) is 1.12. The first kappa shape index (κ1) is 9.30. The molecule has 0 amide bonds. The fourth-order valence-electron chi connectivity index (χ4n) is 0.378. The Kier molecular flexibility index (Phi) is 3.88. The zero-order valence-corrected chi connectivity index (χ0v) is 7.01. The maximum Gasteiger partial charge on any atom is 0.0199 e. The average Bonchev–Trinajstić information content (AvgIpc) is 1.82. The standard InChI is InChI=1S/C7H15N2O/c1-6(2)8-5-7(3)9(4)10/h5-6,8H,1-4H3/q-1/b7-5+. The highest BCUT2D eigenvalue weighted by molar-refractivity contribution is 4.95. The van der Waals surface area contributed by atoms with Crippen LogP contribution in [-0.2, 0) is 0 Å². The Morgan fingerprint density at radius 2 is 2.10 bits per heavy atom. The largest absolute Gasteiger partial charge is 0.759 e. The van der Waals surface area contributed by atoms with Crippen molar-refractivity contribution in [3.05, 3.63) is 17.1 Å². The van der Waals surface area contributed by atoms with Gasteiger partial charge < -0.3 is 15.6 Å². The number of hydrogen-bond acceptors (Lipinski definition) is 3. The van der Waals surface area contributed by atoms with Crippen LogP contribution < -0.4 is 5.32 Å². The van der Waals surface area contributed by atoms with Gasteiger partial charge in [-0.25, -0.2) is 0 Å². The minimum Gasteiger partial charge on any atom is -0.759 e. The van der Waals surface area contributed by atoms with E-state index in [-0.39, 0.29) is 0 Å². The summed E-state index contributed by atoms with van der Waals surface area (Å²) in [6, 6.07) is 0.384. The zero-order chi connectivity index (χ0) is 8.15. The van der Waals surface area contributed by atoms with Crippen LogP contribution >= 0.6 is 0 Å². The van der Waals surface area contributed by atoms with Gasteiger partial charge in [0.2, 0.25) is 0 Å². The summed E-state index contributed by atoms with van der Waals surface area (Å²) < 4.78 is 0. The molecule has 0 bridgehead atoms. The highest BCUT2D eigenvalue weighted by Gasteiger charge is 1.87. The lowest BCUT2D eigenvalue weighted by Gasteiger charge is -2.25. The second kappa shape index (κ2) is 4.17. The normalized spacial score (nSPS) is 12.0. The molecular weight excluding hydrogens is 128 g/mol. The molecule has 0 heterocycles. The summed E-state index contributed by atoms with van der Waals surface area (Å²) in [4.78, 5) is 0. The molecule has 0 atom stereocenters. The lowest BCUT2D eigenvalue weighted by molar-refractivity contribution is 0.559. The molecule has 0 radical (unpaired) electrons. The van der Waals surface area contributed by atoms with E-state index in [1.165, 1.54) is 7.05 Å². The number of nitrogens with one attached hydrogen (secondary N) is 1. The van der Waals surface area contributed by atoms with E-state index in [4.69, 9.17) is 0 Å². The second-order valence-corrected chi connectivity index (χ2v) is 2.60. The Bertz CT molecular complexity index is 119.